The fourth-order valence-electron chi connectivity index (χ4n) is 2.22. The summed E-state index contributed by atoms with van der Waals surface area (Å²) < 4.78 is 0. The molecule has 106 valence electrons. The Labute approximate surface area is 129 Å². The van der Waals surface area contributed by atoms with Crippen LogP contribution in [0, 0.1) is 10.8 Å². The maximum atomic E-state index is 8.28. The molecule has 0 aliphatic carbocycles. The van der Waals surface area contributed by atoms with Crippen LogP contribution in [-0.4, -0.2) is 16.4 Å². The van der Waals surface area contributed by atoms with Gasteiger partial charge in [0.25, 0.3) is 0 Å². The van der Waals surface area contributed by atoms with Crippen LogP contribution in [0.15, 0.2) is 78.9 Å². The van der Waals surface area contributed by atoms with Crippen LogP contribution in [0.5, 0.6) is 0 Å². The lowest BCUT2D eigenvalue weighted by Crippen LogP contribution is -2.09. The molecule has 3 rings (SSSR count). The van der Waals surface area contributed by atoms with Crippen molar-refractivity contribution in [3.63, 3.8) is 0 Å². The third-order valence-corrected chi connectivity index (χ3v) is 3.39. The predicted octanol–water partition coefficient (Wildman–Crippen LogP) is 3.91. The zero-order valence-electron chi connectivity index (χ0n) is 12.0. The van der Waals surface area contributed by atoms with Gasteiger partial charge in [-0.1, -0.05) is 66.7 Å². The highest BCUT2D eigenvalue weighted by Gasteiger charge is 2.10. The quantitative estimate of drug-likeness (QED) is 0.701. The van der Waals surface area contributed by atoms with E-state index in [0.717, 1.165) is 11.1 Å². The minimum absolute atomic E-state index is 0.364. The number of nitrogens with zero attached hydrogens (tertiary/aromatic N) is 1. The molecular formula is C19H15N3. The summed E-state index contributed by atoms with van der Waals surface area (Å²) in [6.07, 6.45) is 0. The smallest absolute Gasteiger partial charge is 0.0893 e. The molecule has 0 radical (unpaired) electrons. The number of hydrogen-bond acceptors (Lipinski definition) is 3. The zero-order valence-corrected chi connectivity index (χ0v) is 12.0. The van der Waals surface area contributed by atoms with Gasteiger partial charge in [0.15, 0.2) is 0 Å². The molecule has 0 saturated carbocycles. The second kappa shape index (κ2) is 6.14. The van der Waals surface area contributed by atoms with Gasteiger partial charge in [-0.3, -0.25) is 10.8 Å². The first-order chi connectivity index (χ1) is 10.8. The third-order valence-electron chi connectivity index (χ3n) is 3.39. The van der Waals surface area contributed by atoms with Crippen LogP contribution in [-0.2, 0) is 0 Å². The molecule has 0 bridgehead atoms. The van der Waals surface area contributed by atoms with Crippen molar-refractivity contribution < 1.29 is 0 Å². The molecule has 0 amide bonds. The Morgan fingerprint density at radius 2 is 0.955 bits per heavy atom. The Morgan fingerprint density at radius 3 is 1.36 bits per heavy atom. The van der Waals surface area contributed by atoms with Gasteiger partial charge in [-0.05, 0) is 12.1 Å². The van der Waals surface area contributed by atoms with E-state index in [0.29, 0.717) is 22.8 Å². The summed E-state index contributed by atoms with van der Waals surface area (Å²) >= 11 is 0. The van der Waals surface area contributed by atoms with E-state index in [1.807, 2.05) is 66.7 Å². The standard InChI is InChI=1S/C19H15N3/c20-18(14-8-3-1-4-9-14)16-12-7-13-17(22-16)19(21)15-10-5-2-6-11-15/h1-13,20-21H. The number of aromatic nitrogens is 1. The molecule has 1 aromatic heterocycles. The third kappa shape index (κ3) is 2.83. The molecular weight excluding hydrogens is 270 g/mol. The highest BCUT2D eigenvalue weighted by Crippen LogP contribution is 2.11. The van der Waals surface area contributed by atoms with Crippen LogP contribution >= 0.6 is 0 Å². The van der Waals surface area contributed by atoms with Gasteiger partial charge in [0.1, 0.15) is 0 Å². The fourth-order valence-corrected chi connectivity index (χ4v) is 2.22. The van der Waals surface area contributed by atoms with E-state index in [1.54, 1.807) is 12.1 Å². The van der Waals surface area contributed by atoms with E-state index in [1.165, 1.54) is 0 Å². The van der Waals surface area contributed by atoms with Crippen molar-refractivity contribution >= 4 is 11.4 Å². The van der Waals surface area contributed by atoms with E-state index in [2.05, 4.69) is 4.98 Å². The van der Waals surface area contributed by atoms with Crippen molar-refractivity contribution in [1.82, 2.24) is 4.98 Å². The summed E-state index contributed by atoms with van der Waals surface area (Å²) in [4.78, 5) is 4.48. The number of rotatable bonds is 4. The largest absolute Gasteiger partial charge is 0.298 e. The van der Waals surface area contributed by atoms with Crippen LogP contribution in [0.1, 0.15) is 22.5 Å². The Kier molecular flexibility index (Phi) is 3.88. The second-order valence-corrected chi connectivity index (χ2v) is 4.89. The molecule has 0 aliphatic heterocycles. The normalized spacial score (nSPS) is 10.2. The molecule has 1 heterocycles. The van der Waals surface area contributed by atoms with E-state index in [-0.39, 0.29) is 0 Å². The highest BCUT2D eigenvalue weighted by atomic mass is 14.7. The summed E-state index contributed by atoms with van der Waals surface area (Å²) in [6, 6.07) is 24.5. The van der Waals surface area contributed by atoms with Crippen LogP contribution in [0.3, 0.4) is 0 Å². The van der Waals surface area contributed by atoms with E-state index in [4.69, 9.17) is 10.8 Å². The molecule has 0 unspecified atom stereocenters. The first-order valence-electron chi connectivity index (χ1n) is 7.01. The summed E-state index contributed by atoms with van der Waals surface area (Å²) in [5, 5.41) is 16.6. The maximum absolute atomic E-state index is 8.28. The lowest BCUT2D eigenvalue weighted by molar-refractivity contribution is 1.23. The lowest BCUT2D eigenvalue weighted by atomic mass is 10.0. The Balaban J connectivity index is 1.94. The average Bonchev–Trinajstić information content (AvgIpc) is 2.62. The molecule has 2 N–H and O–H groups in total. The molecule has 2 aromatic carbocycles. The summed E-state index contributed by atoms with van der Waals surface area (Å²) in [5.74, 6) is 0. The Hall–Kier alpha value is -3.07. The van der Waals surface area contributed by atoms with Gasteiger partial charge in [-0.25, -0.2) is 4.98 Å². The molecule has 0 fully saturated rings. The van der Waals surface area contributed by atoms with Gasteiger partial charge < -0.3 is 0 Å². The van der Waals surface area contributed by atoms with E-state index in [9.17, 15) is 0 Å². The van der Waals surface area contributed by atoms with Crippen molar-refractivity contribution in [1.29, 1.82) is 10.8 Å². The van der Waals surface area contributed by atoms with Crippen LogP contribution in [0.4, 0.5) is 0 Å². The number of pyridine rings is 1. The van der Waals surface area contributed by atoms with E-state index >= 15 is 0 Å². The van der Waals surface area contributed by atoms with Gasteiger partial charge in [0.2, 0.25) is 0 Å². The monoisotopic (exact) mass is 285 g/mol. The van der Waals surface area contributed by atoms with Gasteiger partial charge in [0.05, 0.1) is 22.8 Å². The summed E-state index contributed by atoms with van der Waals surface area (Å²) in [7, 11) is 0. The van der Waals surface area contributed by atoms with Crippen molar-refractivity contribution in [3.05, 3.63) is 101 Å². The summed E-state index contributed by atoms with van der Waals surface area (Å²) in [6.45, 7) is 0. The molecule has 3 aromatic rings. The van der Waals surface area contributed by atoms with Crippen molar-refractivity contribution in [3.8, 4) is 0 Å². The number of hydrogen-bond donors (Lipinski definition) is 2. The van der Waals surface area contributed by atoms with Crippen molar-refractivity contribution in [2.45, 2.75) is 0 Å². The second-order valence-electron chi connectivity index (χ2n) is 4.89. The molecule has 0 saturated heterocycles. The highest BCUT2D eigenvalue weighted by molar-refractivity contribution is 6.12. The Morgan fingerprint density at radius 1 is 0.545 bits per heavy atom. The van der Waals surface area contributed by atoms with Gasteiger partial charge >= 0.3 is 0 Å². The maximum Gasteiger partial charge on any atom is 0.0893 e. The van der Waals surface area contributed by atoms with Gasteiger partial charge in [0, 0.05) is 11.1 Å². The van der Waals surface area contributed by atoms with Gasteiger partial charge in [-0.2, -0.15) is 0 Å². The van der Waals surface area contributed by atoms with Crippen LogP contribution < -0.4 is 0 Å². The van der Waals surface area contributed by atoms with Crippen molar-refractivity contribution in [2.75, 3.05) is 0 Å². The minimum atomic E-state index is 0.364. The lowest BCUT2D eigenvalue weighted by Gasteiger charge is -2.07. The Bertz CT molecular complexity index is 742. The number of benzene rings is 2. The molecule has 22 heavy (non-hydrogen) atoms. The zero-order chi connectivity index (χ0) is 15.4. The first-order valence-corrected chi connectivity index (χ1v) is 7.01. The fraction of sp³-hybridized carbons (Fsp3) is 0. The summed E-state index contributed by atoms with van der Waals surface area (Å²) in [5.41, 5.74) is 3.51. The van der Waals surface area contributed by atoms with E-state index < -0.39 is 0 Å². The predicted molar refractivity (Wildman–Crippen MR) is 89.0 cm³/mol. The average molecular weight is 285 g/mol. The van der Waals surface area contributed by atoms with Crippen molar-refractivity contribution in [2.24, 2.45) is 0 Å². The first kappa shape index (κ1) is 13.9. The molecule has 0 spiro atoms. The minimum Gasteiger partial charge on any atom is -0.298 e. The topological polar surface area (TPSA) is 60.6 Å². The van der Waals surface area contributed by atoms with Crippen LogP contribution in [0.25, 0.3) is 0 Å². The molecule has 3 nitrogen and oxygen atoms in total. The van der Waals surface area contributed by atoms with Gasteiger partial charge in [-0.15, -0.1) is 0 Å². The molecule has 0 aliphatic rings. The van der Waals surface area contributed by atoms with Crippen LogP contribution in [0.2, 0.25) is 0 Å². The SMILES string of the molecule is N=C(c1ccccc1)c1cccc(C(=N)c2ccccc2)n1. The molecule has 0 atom stereocenters. The molecule has 3 heteroatoms. The number of nitrogens with one attached hydrogen (secondary N) is 2.